The van der Waals surface area contributed by atoms with E-state index in [2.05, 4.69) is 16.4 Å². The minimum Gasteiger partial charge on any atom is -0.446 e. The summed E-state index contributed by atoms with van der Waals surface area (Å²) in [6.07, 6.45) is -1.20. The van der Waals surface area contributed by atoms with E-state index in [1.165, 1.54) is 5.56 Å². The average molecular weight is 465 g/mol. The molecule has 0 spiro atoms. The molecule has 1 heterocycles. The molecule has 4 aromatic carbocycles. The van der Waals surface area contributed by atoms with Crippen LogP contribution in [0.2, 0.25) is 0 Å². The molecule has 6 heteroatoms. The van der Waals surface area contributed by atoms with Crippen LogP contribution in [-0.2, 0) is 4.79 Å². The van der Waals surface area contributed by atoms with Gasteiger partial charge in [-0.05, 0) is 67.9 Å². The predicted molar refractivity (Wildman–Crippen MR) is 135 cm³/mol. The number of benzene rings is 4. The van der Waals surface area contributed by atoms with E-state index in [-0.39, 0.29) is 0 Å². The van der Waals surface area contributed by atoms with Gasteiger partial charge in [0.25, 0.3) is 0 Å². The van der Waals surface area contributed by atoms with Gasteiger partial charge in [0, 0.05) is 11.3 Å². The number of aromatic nitrogens is 1. The van der Waals surface area contributed by atoms with Gasteiger partial charge in [-0.2, -0.15) is 0 Å². The van der Waals surface area contributed by atoms with Crippen molar-refractivity contribution in [2.75, 3.05) is 5.32 Å². The van der Waals surface area contributed by atoms with Crippen LogP contribution in [0.5, 0.6) is 11.5 Å². The highest BCUT2D eigenvalue weighted by Gasteiger charge is 2.23. The molecule has 1 amide bonds. The number of anilines is 1. The van der Waals surface area contributed by atoms with Crippen molar-refractivity contribution in [3.05, 3.63) is 108 Å². The largest absolute Gasteiger partial charge is 0.446 e. The second-order valence-corrected chi connectivity index (χ2v) is 8.20. The van der Waals surface area contributed by atoms with Gasteiger partial charge in [-0.1, -0.05) is 54.1 Å². The van der Waals surface area contributed by atoms with E-state index in [9.17, 15) is 4.79 Å². The smallest absolute Gasteiger partial charge is 0.321 e. The molecule has 1 N–H and O–H groups in total. The summed E-state index contributed by atoms with van der Waals surface area (Å²) in [7, 11) is 0. The lowest BCUT2D eigenvalue weighted by Crippen LogP contribution is -2.38. The molecule has 1 aromatic heterocycles. The molecular formula is C29H24N2O4. The first-order valence-corrected chi connectivity index (χ1v) is 11.3. The van der Waals surface area contributed by atoms with Crippen LogP contribution in [0, 0.1) is 13.8 Å². The normalized spacial score (nSPS) is 10.9. The summed E-state index contributed by atoms with van der Waals surface area (Å²) in [5.41, 5.74) is 5.03. The minimum atomic E-state index is -1.20. The number of carbonyl (C=O) groups excluding carboxylic acids is 1. The summed E-state index contributed by atoms with van der Waals surface area (Å²) in [5, 5.41) is 2.87. The molecule has 0 radical (unpaired) electrons. The third-order valence-electron chi connectivity index (χ3n) is 5.45. The Morgan fingerprint density at radius 3 is 2.11 bits per heavy atom. The first kappa shape index (κ1) is 22.2. The second kappa shape index (κ2) is 9.73. The van der Waals surface area contributed by atoms with Crippen molar-refractivity contribution in [1.82, 2.24) is 4.98 Å². The number of oxazole rings is 1. The molecule has 0 saturated carbocycles. The van der Waals surface area contributed by atoms with E-state index in [4.69, 9.17) is 13.9 Å². The highest BCUT2D eigenvalue weighted by Crippen LogP contribution is 2.29. The number of nitrogens with zero attached hydrogens (tertiary/aromatic N) is 1. The Hall–Kier alpha value is -4.58. The maximum absolute atomic E-state index is 13.2. The van der Waals surface area contributed by atoms with Gasteiger partial charge in [-0.15, -0.1) is 0 Å². The number of fused-ring (bicyclic) bond motifs is 1. The number of aryl methyl sites for hydroxylation is 2. The van der Waals surface area contributed by atoms with Crippen molar-refractivity contribution < 1.29 is 18.7 Å². The van der Waals surface area contributed by atoms with E-state index in [1.807, 2.05) is 62.4 Å². The van der Waals surface area contributed by atoms with Crippen molar-refractivity contribution in [3.8, 4) is 23.0 Å². The van der Waals surface area contributed by atoms with Crippen LogP contribution >= 0.6 is 0 Å². The summed E-state index contributed by atoms with van der Waals surface area (Å²) >= 11 is 0. The second-order valence-electron chi connectivity index (χ2n) is 8.20. The number of para-hydroxylation sites is 2. The zero-order valence-corrected chi connectivity index (χ0v) is 19.4. The van der Waals surface area contributed by atoms with E-state index in [0.29, 0.717) is 34.2 Å². The summed E-state index contributed by atoms with van der Waals surface area (Å²) in [4.78, 5) is 17.8. The first-order chi connectivity index (χ1) is 17.0. The van der Waals surface area contributed by atoms with Crippen molar-refractivity contribution in [2.45, 2.75) is 20.1 Å². The Morgan fingerprint density at radius 1 is 0.829 bits per heavy atom. The van der Waals surface area contributed by atoms with Gasteiger partial charge in [0.15, 0.2) is 5.58 Å². The molecule has 5 rings (SSSR count). The topological polar surface area (TPSA) is 73.6 Å². The Morgan fingerprint density at radius 2 is 1.49 bits per heavy atom. The Balaban J connectivity index is 1.38. The van der Waals surface area contributed by atoms with E-state index < -0.39 is 12.2 Å². The number of hydrogen-bond donors (Lipinski definition) is 1. The number of rotatable bonds is 7. The molecule has 0 aliphatic carbocycles. The fourth-order valence-corrected chi connectivity index (χ4v) is 3.75. The highest BCUT2D eigenvalue weighted by atomic mass is 16.7. The van der Waals surface area contributed by atoms with Crippen molar-refractivity contribution in [1.29, 1.82) is 0 Å². The van der Waals surface area contributed by atoms with Crippen LogP contribution < -0.4 is 14.8 Å². The summed E-state index contributed by atoms with van der Waals surface area (Å²) in [6.45, 7) is 4.08. The molecule has 35 heavy (non-hydrogen) atoms. The van der Waals surface area contributed by atoms with Crippen LogP contribution in [0.4, 0.5) is 5.69 Å². The third kappa shape index (κ3) is 5.17. The van der Waals surface area contributed by atoms with Gasteiger partial charge in [0.2, 0.25) is 5.89 Å². The van der Waals surface area contributed by atoms with E-state index in [1.54, 1.807) is 42.5 Å². The number of amides is 1. The fraction of sp³-hybridized carbons (Fsp3) is 0.103. The number of ether oxygens (including phenoxy) is 2. The molecule has 0 aliphatic heterocycles. The molecule has 0 unspecified atom stereocenters. The maximum Gasteiger partial charge on any atom is 0.321 e. The molecule has 0 atom stereocenters. The molecule has 0 aliphatic rings. The SMILES string of the molecule is Cc1ccc(-c2nc3cc(NC(=O)C(Oc4ccccc4)Oc4ccccc4)ccc3o2)c(C)c1. The van der Waals surface area contributed by atoms with Crippen molar-refractivity contribution >= 4 is 22.7 Å². The maximum atomic E-state index is 13.2. The highest BCUT2D eigenvalue weighted by molar-refractivity contribution is 5.95. The minimum absolute atomic E-state index is 0.449. The van der Waals surface area contributed by atoms with E-state index >= 15 is 0 Å². The molecular weight excluding hydrogens is 440 g/mol. The lowest BCUT2D eigenvalue weighted by molar-refractivity contribution is -0.134. The van der Waals surface area contributed by atoms with Crippen LogP contribution in [0.15, 0.2) is 101 Å². The Labute approximate surface area is 203 Å². The van der Waals surface area contributed by atoms with Crippen LogP contribution in [0.1, 0.15) is 11.1 Å². The Bertz CT molecular complexity index is 1420. The average Bonchev–Trinajstić information content (AvgIpc) is 3.28. The summed E-state index contributed by atoms with van der Waals surface area (Å²) in [6, 6.07) is 29.6. The lowest BCUT2D eigenvalue weighted by atomic mass is 10.1. The summed E-state index contributed by atoms with van der Waals surface area (Å²) < 4.78 is 17.7. The Kier molecular flexibility index (Phi) is 6.18. The molecule has 0 bridgehead atoms. The molecule has 5 aromatic rings. The van der Waals surface area contributed by atoms with Gasteiger partial charge in [0.1, 0.15) is 17.0 Å². The van der Waals surface area contributed by atoms with Crippen LogP contribution in [0.3, 0.4) is 0 Å². The molecule has 0 saturated heterocycles. The van der Waals surface area contributed by atoms with Crippen LogP contribution in [-0.4, -0.2) is 17.2 Å². The van der Waals surface area contributed by atoms with E-state index in [0.717, 1.165) is 11.1 Å². The standard InChI is InChI=1S/C29H24N2O4/c1-19-13-15-24(20(2)17-19)28-31-25-18-21(14-16-26(25)35-28)30-27(32)29(33-22-9-5-3-6-10-22)34-23-11-7-4-8-12-23/h3-18,29H,1-2H3,(H,30,32). The fourth-order valence-electron chi connectivity index (χ4n) is 3.75. The van der Waals surface area contributed by atoms with Gasteiger partial charge in [0.05, 0.1) is 0 Å². The van der Waals surface area contributed by atoms with Crippen LogP contribution in [0.25, 0.3) is 22.6 Å². The lowest BCUT2D eigenvalue weighted by Gasteiger charge is -2.20. The number of hydrogen-bond acceptors (Lipinski definition) is 5. The van der Waals surface area contributed by atoms with Gasteiger partial charge in [-0.25, -0.2) is 4.98 Å². The molecule has 0 fully saturated rings. The molecule has 174 valence electrons. The first-order valence-electron chi connectivity index (χ1n) is 11.3. The monoisotopic (exact) mass is 464 g/mol. The number of carbonyl (C=O) groups is 1. The molecule has 6 nitrogen and oxygen atoms in total. The van der Waals surface area contributed by atoms with Gasteiger partial charge < -0.3 is 19.2 Å². The zero-order valence-electron chi connectivity index (χ0n) is 19.4. The summed E-state index contributed by atoms with van der Waals surface area (Å²) in [5.74, 6) is 1.14. The zero-order chi connectivity index (χ0) is 24.2. The van der Waals surface area contributed by atoms with Gasteiger partial charge >= 0.3 is 12.2 Å². The van der Waals surface area contributed by atoms with Crippen molar-refractivity contribution in [2.24, 2.45) is 0 Å². The quantitative estimate of drug-likeness (QED) is 0.277. The number of nitrogens with one attached hydrogen (secondary N) is 1. The third-order valence-corrected chi connectivity index (χ3v) is 5.45. The predicted octanol–water partition coefficient (Wildman–Crippen LogP) is 6.53. The van der Waals surface area contributed by atoms with Gasteiger partial charge in [-0.3, -0.25) is 4.79 Å². The van der Waals surface area contributed by atoms with Crippen molar-refractivity contribution in [3.63, 3.8) is 0 Å².